The van der Waals surface area contributed by atoms with Gasteiger partial charge in [0.2, 0.25) is 5.91 Å². The summed E-state index contributed by atoms with van der Waals surface area (Å²) in [5, 5.41) is 3.59. The molecule has 1 aromatic rings. The molecule has 5 nitrogen and oxygen atoms in total. The maximum Gasteiger partial charge on any atom is 0.258 e. The second-order valence-corrected chi connectivity index (χ2v) is 6.61. The van der Waals surface area contributed by atoms with Crippen LogP contribution in [0.2, 0.25) is 5.02 Å². The normalized spacial score (nSPS) is 24.0. The molecule has 0 aromatic heterocycles. The average Bonchev–Trinajstić information content (AvgIpc) is 2.51. The number of hydrogen-bond donors (Lipinski definition) is 1. The van der Waals surface area contributed by atoms with Gasteiger partial charge in [-0.1, -0.05) is 11.6 Å². The van der Waals surface area contributed by atoms with Gasteiger partial charge in [0.15, 0.2) is 6.61 Å². The molecule has 2 amide bonds. The van der Waals surface area contributed by atoms with Crippen LogP contribution in [0.1, 0.15) is 32.1 Å². The summed E-state index contributed by atoms with van der Waals surface area (Å²) < 4.78 is 5.42. The van der Waals surface area contributed by atoms with Crippen LogP contribution in [0.15, 0.2) is 24.3 Å². The Morgan fingerprint density at radius 2 is 2.00 bits per heavy atom. The zero-order valence-electron chi connectivity index (χ0n) is 13.0. The van der Waals surface area contributed by atoms with Gasteiger partial charge in [-0.2, -0.15) is 0 Å². The van der Waals surface area contributed by atoms with E-state index >= 15 is 0 Å². The van der Waals surface area contributed by atoms with Crippen molar-refractivity contribution >= 4 is 23.4 Å². The van der Waals surface area contributed by atoms with Crippen LogP contribution in [0, 0.1) is 0 Å². The van der Waals surface area contributed by atoms with Gasteiger partial charge in [-0.05, 0) is 49.9 Å². The van der Waals surface area contributed by atoms with Crippen molar-refractivity contribution in [2.75, 3.05) is 13.2 Å². The summed E-state index contributed by atoms with van der Waals surface area (Å²) in [6.07, 6.45) is 4.46. The minimum Gasteiger partial charge on any atom is -0.484 e. The molecule has 23 heavy (non-hydrogen) atoms. The van der Waals surface area contributed by atoms with E-state index in [2.05, 4.69) is 5.32 Å². The molecular formula is C17H21ClN2O3. The minimum atomic E-state index is -0.131. The molecule has 2 aliphatic rings. The predicted molar refractivity (Wildman–Crippen MR) is 87.5 cm³/mol. The topological polar surface area (TPSA) is 58.6 Å². The molecule has 0 radical (unpaired) electrons. The lowest BCUT2D eigenvalue weighted by molar-refractivity contribution is -0.138. The van der Waals surface area contributed by atoms with E-state index < -0.39 is 0 Å². The van der Waals surface area contributed by atoms with Crippen LogP contribution in [-0.4, -0.2) is 41.9 Å². The molecule has 0 spiro atoms. The number of piperidine rings is 1. The standard InChI is InChI=1S/C17H21ClN2O3/c18-12-4-6-15(7-5-12)23-11-16(21)19-13-9-14(10-13)20-8-2-1-3-17(20)22/h4-7,13-14H,1-3,8-11H2,(H,19,21). The molecule has 1 N–H and O–H groups in total. The van der Waals surface area contributed by atoms with Crippen molar-refractivity contribution < 1.29 is 14.3 Å². The lowest BCUT2D eigenvalue weighted by Crippen LogP contribution is -2.56. The maximum absolute atomic E-state index is 11.9. The van der Waals surface area contributed by atoms with Crippen LogP contribution in [0.5, 0.6) is 5.75 Å². The lowest BCUT2D eigenvalue weighted by atomic mass is 9.84. The van der Waals surface area contributed by atoms with Crippen molar-refractivity contribution in [2.24, 2.45) is 0 Å². The summed E-state index contributed by atoms with van der Waals surface area (Å²) in [5.41, 5.74) is 0. The SMILES string of the molecule is O=C(COc1ccc(Cl)cc1)NC1CC(N2CCCCC2=O)C1. The van der Waals surface area contributed by atoms with E-state index in [4.69, 9.17) is 16.3 Å². The third-order valence-electron chi connectivity index (χ3n) is 4.46. The number of nitrogens with one attached hydrogen (secondary N) is 1. The number of nitrogens with zero attached hydrogens (tertiary/aromatic N) is 1. The predicted octanol–water partition coefficient (Wildman–Crippen LogP) is 2.38. The largest absolute Gasteiger partial charge is 0.484 e. The van der Waals surface area contributed by atoms with Gasteiger partial charge in [-0.3, -0.25) is 9.59 Å². The molecule has 0 atom stereocenters. The molecule has 0 bridgehead atoms. The molecule has 6 heteroatoms. The van der Waals surface area contributed by atoms with Gasteiger partial charge in [0, 0.05) is 30.1 Å². The quantitative estimate of drug-likeness (QED) is 0.898. The molecule has 1 aromatic carbocycles. The van der Waals surface area contributed by atoms with Crippen LogP contribution < -0.4 is 10.1 Å². The van der Waals surface area contributed by atoms with Crippen molar-refractivity contribution in [2.45, 2.75) is 44.2 Å². The van der Waals surface area contributed by atoms with Crippen LogP contribution in [0.25, 0.3) is 0 Å². The molecular weight excluding hydrogens is 316 g/mol. The smallest absolute Gasteiger partial charge is 0.258 e. The van der Waals surface area contributed by atoms with Gasteiger partial charge in [-0.15, -0.1) is 0 Å². The van der Waals surface area contributed by atoms with Crippen molar-refractivity contribution in [1.82, 2.24) is 10.2 Å². The Balaban J connectivity index is 1.37. The number of carbonyl (C=O) groups excluding carboxylic acids is 2. The van der Waals surface area contributed by atoms with E-state index in [0.29, 0.717) is 23.2 Å². The summed E-state index contributed by atoms with van der Waals surface area (Å²) in [6, 6.07) is 7.36. The lowest BCUT2D eigenvalue weighted by Gasteiger charge is -2.44. The van der Waals surface area contributed by atoms with E-state index in [0.717, 1.165) is 32.2 Å². The van der Waals surface area contributed by atoms with E-state index in [1.165, 1.54) is 0 Å². The Labute approximate surface area is 140 Å². The van der Waals surface area contributed by atoms with Gasteiger partial charge in [0.1, 0.15) is 5.75 Å². The highest BCUT2D eigenvalue weighted by atomic mass is 35.5. The number of benzene rings is 1. The van der Waals surface area contributed by atoms with Crippen molar-refractivity contribution in [3.05, 3.63) is 29.3 Å². The van der Waals surface area contributed by atoms with Gasteiger partial charge in [0.05, 0.1) is 0 Å². The van der Waals surface area contributed by atoms with Gasteiger partial charge in [-0.25, -0.2) is 0 Å². The Hall–Kier alpha value is -1.75. The fourth-order valence-electron chi connectivity index (χ4n) is 3.12. The fraction of sp³-hybridized carbons (Fsp3) is 0.529. The molecule has 0 unspecified atom stereocenters. The Bertz CT molecular complexity index is 570. The van der Waals surface area contributed by atoms with Crippen LogP contribution in [0.4, 0.5) is 0 Å². The molecule has 124 valence electrons. The van der Waals surface area contributed by atoms with Crippen LogP contribution >= 0.6 is 11.6 Å². The first kappa shape index (κ1) is 16.1. The van der Waals surface area contributed by atoms with E-state index in [-0.39, 0.29) is 24.5 Å². The fourth-order valence-corrected chi connectivity index (χ4v) is 3.25. The second-order valence-electron chi connectivity index (χ2n) is 6.18. The number of rotatable bonds is 5. The zero-order valence-corrected chi connectivity index (χ0v) is 13.7. The Morgan fingerprint density at radius 3 is 2.70 bits per heavy atom. The minimum absolute atomic E-state index is 0.00849. The molecule has 1 heterocycles. The van der Waals surface area contributed by atoms with Crippen LogP contribution in [-0.2, 0) is 9.59 Å². The third kappa shape index (κ3) is 4.16. The number of ether oxygens (including phenoxy) is 1. The monoisotopic (exact) mass is 336 g/mol. The average molecular weight is 337 g/mol. The number of amides is 2. The first-order valence-corrected chi connectivity index (χ1v) is 8.47. The molecule has 1 saturated heterocycles. The number of carbonyl (C=O) groups is 2. The maximum atomic E-state index is 11.9. The molecule has 2 fully saturated rings. The first-order valence-electron chi connectivity index (χ1n) is 8.09. The van der Waals surface area contributed by atoms with Crippen molar-refractivity contribution in [3.63, 3.8) is 0 Å². The molecule has 1 aliphatic heterocycles. The van der Waals surface area contributed by atoms with E-state index in [1.54, 1.807) is 24.3 Å². The van der Waals surface area contributed by atoms with Gasteiger partial charge in [0.25, 0.3) is 5.91 Å². The summed E-state index contributed by atoms with van der Waals surface area (Å²) in [5.74, 6) is 0.750. The Kier molecular flexibility index (Phi) is 5.06. The summed E-state index contributed by atoms with van der Waals surface area (Å²) in [7, 11) is 0. The molecule has 1 saturated carbocycles. The summed E-state index contributed by atoms with van der Waals surface area (Å²) >= 11 is 5.79. The molecule has 3 rings (SSSR count). The number of halogens is 1. The van der Waals surface area contributed by atoms with Gasteiger partial charge >= 0.3 is 0 Å². The highest BCUT2D eigenvalue weighted by molar-refractivity contribution is 6.30. The summed E-state index contributed by atoms with van der Waals surface area (Å²) in [4.78, 5) is 25.7. The first-order chi connectivity index (χ1) is 11.1. The summed E-state index contributed by atoms with van der Waals surface area (Å²) in [6.45, 7) is 0.856. The third-order valence-corrected chi connectivity index (χ3v) is 4.71. The molecule has 1 aliphatic carbocycles. The number of likely N-dealkylation sites (tertiary alicyclic amines) is 1. The van der Waals surface area contributed by atoms with Gasteiger partial charge < -0.3 is 15.0 Å². The van der Waals surface area contributed by atoms with E-state index in [9.17, 15) is 9.59 Å². The second kappa shape index (κ2) is 7.21. The highest BCUT2D eigenvalue weighted by Gasteiger charge is 2.37. The number of hydrogen-bond acceptors (Lipinski definition) is 3. The zero-order chi connectivity index (χ0) is 16.2. The highest BCUT2D eigenvalue weighted by Crippen LogP contribution is 2.28. The van der Waals surface area contributed by atoms with Crippen molar-refractivity contribution in [1.29, 1.82) is 0 Å². The Morgan fingerprint density at radius 1 is 1.26 bits per heavy atom. The van der Waals surface area contributed by atoms with E-state index in [1.807, 2.05) is 4.90 Å². The van der Waals surface area contributed by atoms with Crippen molar-refractivity contribution in [3.8, 4) is 5.75 Å². The van der Waals surface area contributed by atoms with Crippen LogP contribution in [0.3, 0.4) is 0 Å².